The van der Waals surface area contributed by atoms with Gasteiger partial charge in [-0.15, -0.1) is 0 Å². The molecule has 7 heteroatoms. The average molecular weight is 276 g/mol. The van der Waals surface area contributed by atoms with Crippen molar-refractivity contribution >= 4 is 5.97 Å². The smallest absolute Gasteiger partial charge is 0.330 e. The Kier molecular flexibility index (Phi) is 6.96. The Hall–Kier alpha value is -0.990. The zero-order valence-corrected chi connectivity index (χ0v) is 10.9. The van der Waals surface area contributed by atoms with Crippen molar-refractivity contribution in [1.29, 1.82) is 0 Å². The van der Waals surface area contributed by atoms with Gasteiger partial charge in [0.2, 0.25) is 0 Å². The number of ether oxygens (including phenoxy) is 4. The van der Waals surface area contributed by atoms with E-state index in [1.165, 1.54) is 0 Å². The van der Waals surface area contributed by atoms with E-state index in [4.69, 9.17) is 14.2 Å². The standard InChI is InChI=1S/C12H20O7/c1-3-5-16-11-10(15)12(19-11)18-7-8(13)6-17-9(14)4-2/h4,8,10-13,15H,2-3,5-7H2,1H3. The Labute approximate surface area is 111 Å². The molecule has 4 unspecified atom stereocenters. The van der Waals surface area contributed by atoms with Gasteiger partial charge in [-0.3, -0.25) is 0 Å². The predicted molar refractivity (Wildman–Crippen MR) is 64.0 cm³/mol. The summed E-state index contributed by atoms with van der Waals surface area (Å²) in [4.78, 5) is 10.7. The van der Waals surface area contributed by atoms with Crippen molar-refractivity contribution in [3.63, 3.8) is 0 Å². The molecule has 0 amide bonds. The fraction of sp³-hybridized carbons (Fsp3) is 0.750. The molecule has 1 saturated heterocycles. The van der Waals surface area contributed by atoms with Gasteiger partial charge in [-0.25, -0.2) is 4.79 Å². The highest BCUT2D eigenvalue weighted by molar-refractivity contribution is 5.81. The van der Waals surface area contributed by atoms with Gasteiger partial charge in [-0.2, -0.15) is 0 Å². The number of hydrogen-bond acceptors (Lipinski definition) is 7. The summed E-state index contributed by atoms with van der Waals surface area (Å²) in [6, 6.07) is 0. The van der Waals surface area contributed by atoms with Crippen LogP contribution in [0.1, 0.15) is 13.3 Å². The van der Waals surface area contributed by atoms with Crippen molar-refractivity contribution in [1.82, 2.24) is 0 Å². The minimum Gasteiger partial charge on any atom is -0.460 e. The summed E-state index contributed by atoms with van der Waals surface area (Å²) in [6.45, 7) is 5.34. The highest BCUT2D eigenvalue weighted by Crippen LogP contribution is 2.23. The van der Waals surface area contributed by atoms with Gasteiger partial charge in [-0.1, -0.05) is 13.5 Å². The molecule has 4 atom stereocenters. The number of hydrogen-bond donors (Lipinski definition) is 2. The lowest BCUT2D eigenvalue weighted by molar-refractivity contribution is -0.393. The highest BCUT2D eigenvalue weighted by Gasteiger charge is 2.43. The van der Waals surface area contributed by atoms with E-state index >= 15 is 0 Å². The number of carbonyl (C=O) groups is 1. The maximum Gasteiger partial charge on any atom is 0.330 e. The van der Waals surface area contributed by atoms with Gasteiger partial charge >= 0.3 is 5.97 Å². The molecule has 0 radical (unpaired) electrons. The molecule has 0 saturated carbocycles. The third-order valence-electron chi connectivity index (χ3n) is 2.35. The van der Waals surface area contributed by atoms with Gasteiger partial charge in [0.1, 0.15) is 12.7 Å². The van der Waals surface area contributed by atoms with E-state index < -0.39 is 30.8 Å². The monoisotopic (exact) mass is 276 g/mol. The van der Waals surface area contributed by atoms with Crippen LogP contribution in [0.25, 0.3) is 0 Å². The van der Waals surface area contributed by atoms with Gasteiger partial charge in [-0.05, 0) is 6.42 Å². The molecule has 0 aromatic carbocycles. The quantitative estimate of drug-likeness (QED) is 0.435. The Balaban J connectivity index is 2.10. The first kappa shape index (κ1) is 16.1. The van der Waals surface area contributed by atoms with Crippen LogP contribution in [-0.2, 0) is 23.7 Å². The van der Waals surface area contributed by atoms with Crippen molar-refractivity contribution in [2.24, 2.45) is 0 Å². The molecule has 1 aliphatic rings. The Morgan fingerprint density at radius 3 is 2.68 bits per heavy atom. The summed E-state index contributed by atoms with van der Waals surface area (Å²) < 4.78 is 20.0. The lowest BCUT2D eigenvalue weighted by Crippen LogP contribution is -2.56. The largest absolute Gasteiger partial charge is 0.460 e. The van der Waals surface area contributed by atoms with Crippen LogP contribution in [0.15, 0.2) is 12.7 Å². The number of carbonyl (C=O) groups excluding carboxylic acids is 1. The van der Waals surface area contributed by atoms with Crippen LogP contribution >= 0.6 is 0 Å². The van der Waals surface area contributed by atoms with Crippen LogP contribution in [0.4, 0.5) is 0 Å². The summed E-state index contributed by atoms with van der Waals surface area (Å²) in [5.74, 6) is -0.619. The van der Waals surface area contributed by atoms with E-state index in [0.717, 1.165) is 12.5 Å². The average Bonchev–Trinajstić information content (AvgIpc) is 2.42. The predicted octanol–water partition coefficient (Wildman–Crippen LogP) is -0.437. The molecule has 1 fully saturated rings. The SMILES string of the molecule is C=CC(=O)OCC(O)COC1OC(OCCC)C1O. The number of esters is 1. The second kappa shape index (κ2) is 8.23. The second-order valence-corrected chi connectivity index (χ2v) is 4.06. The number of aliphatic hydroxyl groups is 2. The van der Waals surface area contributed by atoms with Crippen LogP contribution in [0.2, 0.25) is 0 Å². The first-order chi connectivity index (χ1) is 9.08. The van der Waals surface area contributed by atoms with E-state index in [-0.39, 0.29) is 13.2 Å². The van der Waals surface area contributed by atoms with E-state index in [1.54, 1.807) is 0 Å². The molecule has 2 N–H and O–H groups in total. The fourth-order valence-electron chi connectivity index (χ4n) is 1.33. The zero-order valence-electron chi connectivity index (χ0n) is 10.9. The molecule has 0 spiro atoms. The maximum atomic E-state index is 10.7. The van der Waals surface area contributed by atoms with Gasteiger partial charge in [0.15, 0.2) is 18.7 Å². The van der Waals surface area contributed by atoms with Crippen LogP contribution in [-0.4, -0.2) is 60.8 Å². The molecule has 0 aliphatic carbocycles. The van der Waals surface area contributed by atoms with Crippen LogP contribution in [0.5, 0.6) is 0 Å². The number of aliphatic hydroxyl groups excluding tert-OH is 2. The van der Waals surface area contributed by atoms with E-state index in [9.17, 15) is 15.0 Å². The molecule has 7 nitrogen and oxygen atoms in total. The highest BCUT2D eigenvalue weighted by atomic mass is 16.8. The zero-order chi connectivity index (χ0) is 14.3. The van der Waals surface area contributed by atoms with E-state index in [0.29, 0.717) is 6.61 Å². The van der Waals surface area contributed by atoms with Crippen LogP contribution in [0.3, 0.4) is 0 Å². The minimum atomic E-state index is -0.990. The summed E-state index contributed by atoms with van der Waals surface area (Å²) in [7, 11) is 0. The topological polar surface area (TPSA) is 94.5 Å². The van der Waals surface area contributed by atoms with Crippen molar-refractivity contribution < 1.29 is 34.0 Å². The molecule has 0 bridgehead atoms. The molecule has 0 aromatic heterocycles. The molecule has 1 aliphatic heterocycles. The normalized spacial score (nSPS) is 27.4. The molecule has 110 valence electrons. The maximum absolute atomic E-state index is 10.7. The Bertz CT molecular complexity index is 294. The van der Waals surface area contributed by atoms with Gasteiger partial charge < -0.3 is 29.2 Å². The van der Waals surface area contributed by atoms with Crippen molar-refractivity contribution in [3.8, 4) is 0 Å². The van der Waals surface area contributed by atoms with Crippen LogP contribution in [0, 0.1) is 0 Å². The lowest BCUT2D eigenvalue weighted by atomic mass is 10.2. The third kappa shape index (κ3) is 5.25. The molecule has 19 heavy (non-hydrogen) atoms. The van der Waals surface area contributed by atoms with Gasteiger partial charge in [0, 0.05) is 12.7 Å². The second-order valence-electron chi connectivity index (χ2n) is 4.06. The van der Waals surface area contributed by atoms with Gasteiger partial charge in [0.25, 0.3) is 0 Å². The summed E-state index contributed by atoms with van der Waals surface area (Å²) in [6.07, 6.45) is -1.55. The third-order valence-corrected chi connectivity index (χ3v) is 2.35. The lowest BCUT2D eigenvalue weighted by Gasteiger charge is -2.40. The van der Waals surface area contributed by atoms with Gasteiger partial charge in [0.05, 0.1) is 6.61 Å². The summed E-state index contributed by atoms with van der Waals surface area (Å²) >= 11 is 0. The van der Waals surface area contributed by atoms with Crippen molar-refractivity contribution in [3.05, 3.63) is 12.7 Å². The van der Waals surface area contributed by atoms with Crippen molar-refractivity contribution in [2.45, 2.75) is 38.1 Å². The Morgan fingerprint density at radius 1 is 1.42 bits per heavy atom. The van der Waals surface area contributed by atoms with Crippen LogP contribution < -0.4 is 0 Å². The summed E-state index contributed by atoms with van der Waals surface area (Å²) in [5.41, 5.74) is 0. The molecular formula is C12H20O7. The van der Waals surface area contributed by atoms with Crippen molar-refractivity contribution in [2.75, 3.05) is 19.8 Å². The molecule has 1 rings (SSSR count). The first-order valence-electron chi connectivity index (χ1n) is 6.12. The Morgan fingerprint density at radius 2 is 2.11 bits per heavy atom. The van der Waals surface area contributed by atoms with E-state index in [1.807, 2.05) is 6.92 Å². The van der Waals surface area contributed by atoms with E-state index in [2.05, 4.69) is 11.3 Å². The first-order valence-corrected chi connectivity index (χ1v) is 6.12. The summed E-state index contributed by atoms with van der Waals surface area (Å²) in [5, 5.41) is 19.1. The fourth-order valence-corrected chi connectivity index (χ4v) is 1.33. The molecule has 1 heterocycles. The minimum absolute atomic E-state index is 0.118. The molecule has 0 aromatic rings. The number of rotatable bonds is 9. The molecular weight excluding hydrogens is 256 g/mol.